The molecule has 1 unspecified atom stereocenters. The average Bonchev–Trinajstić information content (AvgIpc) is 3.59. The van der Waals surface area contributed by atoms with Crippen LogP contribution in [0.4, 0.5) is 5.13 Å². The lowest BCUT2D eigenvalue weighted by Crippen LogP contribution is -2.29. The van der Waals surface area contributed by atoms with Gasteiger partial charge in [-0.3, -0.25) is 14.5 Å². The zero-order valence-corrected chi connectivity index (χ0v) is 28.0. The van der Waals surface area contributed by atoms with Gasteiger partial charge in [-0.25, -0.2) is 0 Å². The van der Waals surface area contributed by atoms with Gasteiger partial charge in [0, 0.05) is 21.4 Å². The minimum atomic E-state index is -1.01. The van der Waals surface area contributed by atoms with Crippen LogP contribution in [-0.2, 0) is 15.3 Å². The Labute approximate surface area is 280 Å². The summed E-state index contributed by atoms with van der Waals surface area (Å²) in [6, 6.07) is 18.2. The van der Waals surface area contributed by atoms with E-state index in [4.69, 9.17) is 32.7 Å². The highest BCUT2D eigenvalue weighted by atomic mass is 35.5. The molecule has 0 saturated carbocycles. The van der Waals surface area contributed by atoms with Crippen LogP contribution in [0.3, 0.4) is 0 Å². The number of hydrogen-bond acceptors (Lipinski definition) is 9. The quantitative estimate of drug-likeness (QED) is 0.0521. The third kappa shape index (κ3) is 7.47. The number of halogens is 2. The van der Waals surface area contributed by atoms with Crippen LogP contribution in [0, 0.1) is 5.92 Å². The molecular formula is C33H31Cl2N3O5S2. The summed E-state index contributed by atoms with van der Waals surface area (Å²) >= 11 is 15.0. The maximum atomic E-state index is 13.7. The molecular weight excluding hydrogens is 653 g/mol. The van der Waals surface area contributed by atoms with Crippen LogP contribution in [0.15, 0.2) is 76.6 Å². The predicted molar refractivity (Wildman–Crippen MR) is 180 cm³/mol. The molecule has 1 N–H and O–H groups in total. The van der Waals surface area contributed by atoms with Crippen LogP contribution < -0.4 is 14.4 Å². The number of nitrogens with zero attached hydrogens (tertiary/aromatic N) is 3. The molecule has 1 aromatic heterocycles. The summed E-state index contributed by atoms with van der Waals surface area (Å²) in [6.45, 7) is 6.98. The van der Waals surface area contributed by atoms with Gasteiger partial charge in [0.15, 0.2) is 15.8 Å². The lowest BCUT2D eigenvalue weighted by atomic mass is 9.95. The van der Waals surface area contributed by atoms with Gasteiger partial charge in [0.2, 0.25) is 5.13 Å². The van der Waals surface area contributed by atoms with Crippen molar-refractivity contribution < 1.29 is 24.2 Å². The van der Waals surface area contributed by atoms with Gasteiger partial charge >= 0.3 is 5.91 Å². The summed E-state index contributed by atoms with van der Waals surface area (Å²) < 4.78 is 12.5. The fourth-order valence-corrected chi connectivity index (χ4v) is 6.99. The van der Waals surface area contributed by atoms with E-state index in [0.29, 0.717) is 61.9 Å². The molecule has 5 rings (SSSR count). The first-order valence-electron chi connectivity index (χ1n) is 14.3. The van der Waals surface area contributed by atoms with E-state index in [9.17, 15) is 14.7 Å². The molecule has 1 fully saturated rings. The molecule has 12 heteroatoms. The molecule has 234 valence electrons. The molecule has 1 saturated heterocycles. The third-order valence-electron chi connectivity index (χ3n) is 7.01. The number of anilines is 1. The van der Waals surface area contributed by atoms with Crippen molar-refractivity contribution in [1.29, 1.82) is 0 Å². The molecule has 0 radical (unpaired) electrons. The molecule has 3 aromatic carbocycles. The fraction of sp³-hybridized carbons (Fsp3) is 0.273. The van der Waals surface area contributed by atoms with Crippen LogP contribution in [0.2, 0.25) is 10.0 Å². The highest BCUT2D eigenvalue weighted by Gasteiger charge is 2.48. The number of thioether (sulfide) groups is 1. The Morgan fingerprint density at radius 1 is 1.02 bits per heavy atom. The molecule has 8 nitrogen and oxygen atoms in total. The van der Waals surface area contributed by atoms with E-state index in [0.717, 1.165) is 12.0 Å². The fourth-order valence-electron chi connectivity index (χ4n) is 4.71. The van der Waals surface area contributed by atoms with E-state index in [1.54, 1.807) is 42.5 Å². The summed E-state index contributed by atoms with van der Waals surface area (Å²) in [5.74, 6) is 0.0165. The summed E-state index contributed by atoms with van der Waals surface area (Å²) in [5, 5.41) is 21.4. The van der Waals surface area contributed by atoms with Crippen molar-refractivity contribution in [3.63, 3.8) is 0 Å². The van der Waals surface area contributed by atoms with E-state index in [-0.39, 0.29) is 16.5 Å². The van der Waals surface area contributed by atoms with Crippen LogP contribution in [0.25, 0.3) is 5.76 Å². The standard InChI is InChI=1S/C33H31Cl2N3O5S2/c1-4-42-26-17-21(11-14-25(26)43-16-15-19(2)3)28-27(29(39)20-9-12-23(34)13-10-20)30(40)31(41)38(28)32-36-37-33(45-32)44-18-22-7-5-6-8-24(22)35/h5-14,17,19,28,39H,4,15-16,18H2,1-3H3. The molecule has 1 atom stereocenters. The zero-order chi connectivity index (χ0) is 32.1. The molecule has 1 aliphatic heterocycles. The Bertz CT molecular complexity index is 1730. The van der Waals surface area contributed by atoms with Gasteiger partial charge < -0.3 is 14.6 Å². The first-order chi connectivity index (χ1) is 21.7. The molecule has 4 aromatic rings. The SMILES string of the molecule is CCOc1cc(C2C(=C(O)c3ccc(Cl)cc3)C(=O)C(=O)N2c2nnc(SCc3ccccc3Cl)s2)ccc1OCCC(C)C. The number of ketones is 1. The van der Waals surface area contributed by atoms with Crippen molar-refractivity contribution in [3.8, 4) is 11.5 Å². The Hall–Kier alpha value is -3.57. The van der Waals surface area contributed by atoms with E-state index in [1.165, 1.54) is 28.0 Å². The Kier molecular flexibility index (Phi) is 10.7. The van der Waals surface area contributed by atoms with Crippen molar-refractivity contribution in [2.24, 2.45) is 5.92 Å². The maximum Gasteiger partial charge on any atom is 0.301 e. The number of Topliss-reactive ketones (excluding diaryl/α,β-unsaturated/α-hetero) is 1. The minimum Gasteiger partial charge on any atom is -0.507 e. The average molecular weight is 685 g/mol. The summed E-state index contributed by atoms with van der Waals surface area (Å²) in [6.07, 6.45) is 0.864. The first kappa shape index (κ1) is 32.8. The number of aliphatic hydroxyl groups is 1. The van der Waals surface area contributed by atoms with Crippen molar-refractivity contribution in [1.82, 2.24) is 10.2 Å². The Balaban J connectivity index is 1.56. The van der Waals surface area contributed by atoms with Gasteiger partial charge in [-0.05, 0) is 72.9 Å². The van der Waals surface area contributed by atoms with Crippen LogP contribution in [-0.4, -0.2) is 40.2 Å². The van der Waals surface area contributed by atoms with Gasteiger partial charge in [0.1, 0.15) is 5.76 Å². The van der Waals surface area contributed by atoms with Gasteiger partial charge in [-0.1, -0.05) is 84.4 Å². The van der Waals surface area contributed by atoms with E-state index < -0.39 is 17.7 Å². The number of ether oxygens (including phenoxy) is 2. The van der Waals surface area contributed by atoms with Gasteiger partial charge in [-0.2, -0.15) is 0 Å². The number of rotatable bonds is 12. The van der Waals surface area contributed by atoms with Crippen LogP contribution in [0.1, 0.15) is 49.9 Å². The second-order valence-electron chi connectivity index (χ2n) is 10.6. The van der Waals surface area contributed by atoms with Gasteiger partial charge in [0.25, 0.3) is 5.78 Å². The van der Waals surface area contributed by atoms with Gasteiger partial charge in [0.05, 0.1) is 24.8 Å². The Morgan fingerprint density at radius 2 is 1.78 bits per heavy atom. The van der Waals surface area contributed by atoms with Crippen molar-refractivity contribution in [3.05, 3.63) is 99.0 Å². The second-order valence-corrected chi connectivity index (χ2v) is 13.6. The minimum absolute atomic E-state index is 0.0845. The maximum absolute atomic E-state index is 13.7. The normalized spacial score (nSPS) is 16.0. The topological polar surface area (TPSA) is 102 Å². The zero-order valence-electron chi connectivity index (χ0n) is 24.8. The van der Waals surface area contributed by atoms with E-state index >= 15 is 0 Å². The summed E-state index contributed by atoms with van der Waals surface area (Å²) in [5.41, 5.74) is 1.72. The molecule has 1 amide bonds. The molecule has 0 bridgehead atoms. The lowest BCUT2D eigenvalue weighted by molar-refractivity contribution is -0.132. The van der Waals surface area contributed by atoms with Gasteiger partial charge in [-0.15, -0.1) is 10.2 Å². The molecule has 1 aliphatic rings. The van der Waals surface area contributed by atoms with Crippen LogP contribution in [0.5, 0.6) is 11.5 Å². The van der Waals surface area contributed by atoms with Crippen LogP contribution >= 0.6 is 46.3 Å². The van der Waals surface area contributed by atoms with Crippen molar-refractivity contribution in [2.75, 3.05) is 18.1 Å². The summed E-state index contributed by atoms with van der Waals surface area (Å²) in [4.78, 5) is 28.6. The second kappa shape index (κ2) is 14.7. The highest BCUT2D eigenvalue weighted by Crippen LogP contribution is 2.46. The van der Waals surface area contributed by atoms with E-state index in [2.05, 4.69) is 24.0 Å². The molecule has 0 aliphatic carbocycles. The van der Waals surface area contributed by atoms with E-state index in [1.807, 2.05) is 31.2 Å². The molecule has 2 heterocycles. The third-order valence-corrected chi connectivity index (χ3v) is 9.73. The number of aromatic nitrogens is 2. The Morgan fingerprint density at radius 3 is 2.49 bits per heavy atom. The predicted octanol–water partition coefficient (Wildman–Crippen LogP) is 8.59. The lowest BCUT2D eigenvalue weighted by Gasteiger charge is -2.24. The number of hydrogen-bond donors (Lipinski definition) is 1. The smallest absolute Gasteiger partial charge is 0.301 e. The largest absolute Gasteiger partial charge is 0.507 e. The monoisotopic (exact) mass is 683 g/mol. The molecule has 45 heavy (non-hydrogen) atoms. The number of benzene rings is 3. The number of aliphatic hydroxyl groups excluding tert-OH is 1. The number of amides is 1. The number of carbonyl (C=O) groups is 2. The van der Waals surface area contributed by atoms with Crippen molar-refractivity contribution >= 4 is 68.9 Å². The van der Waals surface area contributed by atoms with Crippen molar-refractivity contribution in [2.45, 2.75) is 43.3 Å². The highest BCUT2D eigenvalue weighted by molar-refractivity contribution is 8.00. The first-order valence-corrected chi connectivity index (χ1v) is 16.9. The summed E-state index contributed by atoms with van der Waals surface area (Å²) in [7, 11) is 0. The number of carbonyl (C=O) groups excluding carboxylic acids is 2. The molecule has 0 spiro atoms.